The lowest BCUT2D eigenvalue weighted by molar-refractivity contribution is -0.138. The number of carbonyl (C=O) groups excluding carboxylic acids is 2. The summed E-state index contributed by atoms with van der Waals surface area (Å²) in [6.45, 7) is -0.242. The highest BCUT2D eigenvalue weighted by Gasteiger charge is 2.41. The molecule has 1 saturated carbocycles. The lowest BCUT2D eigenvalue weighted by Gasteiger charge is -2.26. The molecule has 3 heterocycles. The standard InChI is InChI=1S/C25H26F2N6O3/c1-32-20(30-31-25(32)36)12-21(34)33-13-16(26)11-19(33)24(35)29-22(15-5-3-2-4-6-15)18-10-9-17(14-7-8-14)23(27)28-18/h2-6,9-10,14,16,19,22H,7-8,11-13H2,1H3,(H,29,35)(H,31,36)/t16-,19+,22+/m1/s1. The SMILES string of the molecule is Cn1c(CC(=O)N2C[C@H](F)C[C@H]2C(=O)N[C@@H](c2ccccc2)c2ccc(C3CC3)c(F)n2)n[nH]c1=O. The normalized spacial score (nSPS) is 20.4. The lowest BCUT2D eigenvalue weighted by Crippen LogP contribution is -2.47. The number of amides is 2. The number of hydrogen-bond acceptors (Lipinski definition) is 5. The number of nitrogens with one attached hydrogen (secondary N) is 2. The molecule has 1 aliphatic heterocycles. The van der Waals surface area contributed by atoms with Gasteiger partial charge in [-0.25, -0.2) is 19.3 Å². The number of rotatable bonds is 7. The summed E-state index contributed by atoms with van der Waals surface area (Å²) in [6, 6.07) is 10.5. The maximum atomic E-state index is 14.8. The topological polar surface area (TPSA) is 113 Å². The van der Waals surface area contributed by atoms with Gasteiger partial charge in [-0.3, -0.25) is 14.2 Å². The van der Waals surface area contributed by atoms with E-state index in [1.165, 1.54) is 16.5 Å². The number of halogens is 2. The van der Waals surface area contributed by atoms with Crippen LogP contribution in [0.4, 0.5) is 8.78 Å². The first-order chi connectivity index (χ1) is 17.3. The first-order valence-electron chi connectivity index (χ1n) is 11.9. The Morgan fingerprint density at radius 1 is 1.19 bits per heavy atom. The Labute approximate surface area is 205 Å². The fourth-order valence-electron chi connectivity index (χ4n) is 4.61. The Morgan fingerprint density at radius 2 is 1.94 bits per heavy atom. The van der Waals surface area contributed by atoms with Gasteiger partial charge >= 0.3 is 5.69 Å². The van der Waals surface area contributed by atoms with Crippen LogP contribution in [-0.2, 0) is 23.1 Å². The minimum atomic E-state index is -1.38. The molecule has 11 heteroatoms. The van der Waals surface area contributed by atoms with Gasteiger partial charge in [0.05, 0.1) is 24.7 Å². The first-order valence-corrected chi connectivity index (χ1v) is 11.9. The molecule has 3 aromatic rings. The van der Waals surface area contributed by atoms with E-state index < -0.39 is 41.7 Å². The summed E-state index contributed by atoms with van der Waals surface area (Å²) >= 11 is 0. The highest BCUT2D eigenvalue weighted by Crippen LogP contribution is 2.41. The van der Waals surface area contributed by atoms with Crippen molar-refractivity contribution in [2.45, 2.75) is 49.9 Å². The molecule has 36 heavy (non-hydrogen) atoms. The fraction of sp³-hybridized carbons (Fsp3) is 0.400. The highest BCUT2D eigenvalue weighted by molar-refractivity contribution is 5.89. The molecule has 2 amide bonds. The Kier molecular flexibility index (Phi) is 6.38. The minimum Gasteiger partial charge on any atom is -0.342 e. The van der Waals surface area contributed by atoms with Crippen molar-refractivity contribution < 1.29 is 18.4 Å². The van der Waals surface area contributed by atoms with Crippen molar-refractivity contribution >= 4 is 11.8 Å². The molecule has 1 aromatic carbocycles. The van der Waals surface area contributed by atoms with Gasteiger partial charge in [0.25, 0.3) is 0 Å². The first kappa shape index (κ1) is 23.8. The number of pyridine rings is 1. The van der Waals surface area contributed by atoms with Crippen molar-refractivity contribution in [3.63, 3.8) is 0 Å². The third-order valence-corrected chi connectivity index (χ3v) is 6.79. The summed E-state index contributed by atoms with van der Waals surface area (Å²) in [6.07, 6.45) is 0.0547. The number of aromatic nitrogens is 4. The van der Waals surface area contributed by atoms with Gasteiger partial charge < -0.3 is 10.2 Å². The van der Waals surface area contributed by atoms with Crippen LogP contribution in [0.3, 0.4) is 0 Å². The second kappa shape index (κ2) is 9.63. The Bertz CT molecular complexity index is 1340. The van der Waals surface area contributed by atoms with Crippen LogP contribution in [0.25, 0.3) is 0 Å². The van der Waals surface area contributed by atoms with Crippen molar-refractivity contribution in [2.24, 2.45) is 7.05 Å². The third-order valence-electron chi connectivity index (χ3n) is 6.79. The highest BCUT2D eigenvalue weighted by atomic mass is 19.1. The van der Waals surface area contributed by atoms with Gasteiger partial charge in [-0.05, 0) is 30.4 Å². The number of nitrogens with zero attached hydrogens (tertiary/aromatic N) is 4. The molecule has 1 aliphatic carbocycles. The quantitative estimate of drug-likeness (QED) is 0.485. The number of alkyl halides is 1. The molecule has 188 valence electrons. The average molecular weight is 497 g/mol. The van der Waals surface area contributed by atoms with Crippen molar-refractivity contribution in [2.75, 3.05) is 6.54 Å². The van der Waals surface area contributed by atoms with E-state index in [-0.39, 0.29) is 31.1 Å². The molecule has 3 atom stereocenters. The number of hydrogen-bond donors (Lipinski definition) is 2. The summed E-state index contributed by atoms with van der Waals surface area (Å²) in [4.78, 5) is 43.3. The molecule has 0 radical (unpaired) electrons. The molecule has 0 unspecified atom stereocenters. The molecule has 5 rings (SSSR count). The Balaban J connectivity index is 1.38. The smallest absolute Gasteiger partial charge is 0.342 e. The van der Waals surface area contributed by atoms with Crippen LogP contribution in [0.15, 0.2) is 47.3 Å². The van der Waals surface area contributed by atoms with E-state index >= 15 is 0 Å². The summed E-state index contributed by atoms with van der Waals surface area (Å²) in [7, 11) is 1.46. The van der Waals surface area contributed by atoms with Gasteiger partial charge in [-0.15, -0.1) is 0 Å². The van der Waals surface area contributed by atoms with Gasteiger partial charge in [0, 0.05) is 19.0 Å². The van der Waals surface area contributed by atoms with E-state index in [1.807, 2.05) is 6.07 Å². The molecule has 9 nitrogen and oxygen atoms in total. The van der Waals surface area contributed by atoms with E-state index in [0.717, 1.165) is 12.8 Å². The van der Waals surface area contributed by atoms with Crippen LogP contribution in [0.2, 0.25) is 0 Å². The maximum absolute atomic E-state index is 14.8. The van der Waals surface area contributed by atoms with Gasteiger partial charge in [-0.2, -0.15) is 9.49 Å². The molecule has 2 N–H and O–H groups in total. The van der Waals surface area contributed by atoms with Crippen LogP contribution in [0, 0.1) is 5.95 Å². The predicted molar refractivity (Wildman–Crippen MR) is 125 cm³/mol. The zero-order valence-corrected chi connectivity index (χ0v) is 19.7. The number of aromatic amines is 1. The largest absolute Gasteiger partial charge is 0.343 e. The summed E-state index contributed by atoms with van der Waals surface area (Å²) in [5.41, 5.74) is 1.08. The van der Waals surface area contributed by atoms with Crippen molar-refractivity contribution in [1.29, 1.82) is 0 Å². The van der Waals surface area contributed by atoms with Crippen LogP contribution < -0.4 is 11.0 Å². The van der Waals surface area contributed by atoms with Gasteiger partial charge in [-0.1, -0.05) is 36.4 Å². The van der Waals surface area contributed by atoms with Crippen LogP contribution in [-0.4, -0.2) is 55.2 Å². The second-order valence-corrected chi connectivity index (χ2v) is 9.32. The van der Waals surface area contributed by atoms with Crippen LogP contribution in [0.1, 0.15) is 53.9 Å². The molecule has 0 spiro atoms. The second-order valence-electron chi connectivity index (χ2n) is 9.32. The van der Waals surface area contributed by atoms with Crippen molar-refractivity contribution in [1.82, 2.24) is 30.0 Å². The van der Waals surface area contributed by atoms with Gasteiger partial charge in [0.2, 0.25) is 17.8 Å². The zero-order chi connectivity index (χ0) is 25.4. The van der Waals surface area contributed by atoms with Crippen LogP contribution >= 0.6 is 0 Å². The van der Waals surface area contributed by atoms with Crippen molar-refractivity contribution in [3.8, 4) is 0 Å². The summed E-state index contributed by atoms with van der Waals surface area (Å²) in [5.74, 6) is -1.28. The zero-order valence-electron chi connectivity index (χ0n) is 19.7. The van der Waals surface area contributed by atoms with E-state index in [9.17, 15) is 23.2 Å². The molecule has 1 saturated heterocycles. The summed E-state index contributed by atoms with van der Waals surface area (Å²) in [5, 5.41) is 8.93. The Hall–Kier alpha value is -3.89. The van der Waals surface area contributed by atoms with Crippen molar-refractivity contribution in [3.05, 3.63) is 81.5 Å². The fourth-order valence-corrected chi connectivity index (χ4v) is 4.61. The average Bonchev–Trinajstić information content (AvgIpc) is 3.57. The predicted octanol–water partition coefficient (Wildman–Crippen LogP) is 1.91. The number of carbonyl (C=O) groups is 2. The molecule has 2 aromatic heterocycles. The molecule has 0 bridgehead atoms. The number of benzene rings is 1. The lowest BCUT2D eigenvalue weighted by atomic mass is 10.0. The van der Waals surface area contributed by atoms with E-state index in [4.69, 9.17) is 0 Å². The monoisotopic (exact) mass is 496 g/mol. The molecular formula is C25H26F2N6O3. The van der Waals surface area contributed by atoms with Gasteiger partial charge in [0.15, 0.2) is 0 Å². The van der Waals surface area contributed by atoms with Gasteiger partial charge in [0.1, 0.15) is 18.0 Å². The van der Waals surface area contributed by atoms with E-state index in [0.29, 0.717) is 16.8 Å². The summed E-state index contributed by atoms with van der Waals surface area (Å²) < 4.78 is 30.4. The van der Waals surface area contributed by atoms with Crippen LogP contribution in [0.5, 0.6) is 0 Å². The number of likely N-dealkylation sites (tertiary alicyclic amines) is 1. The third kappa shape index (κ3) is 4.77. The molecular weight excluding hydrogens is 470 g/mol. The number of H-pyrrole nitrogens is 1. The molecule has 2 aliphatic rings. The molecule has 2 fully saturated rings. The maximum Gasteiger partial charge on any atom is 0.343 e. The minimum absolute atomic E-state index is 0.166. The van der Waals surface area contributed by atoms with E-state index in [1.54, 1.807) is 36.4 Å². The van der Waals surface area contributed by atoms with E-state index in [2.05, 4.69) is 20.5 Å². The Morgan fingerprint density at radius 3 is 2.58 bits per heavy atom.